The zero-order chi connectivity index (χ0) is 13.1. The Balaban J connectivity index is 2.39. The molecule has 0 atom stereocenters. The van der Waals surface area contributed by atoms with Crippen LogP contribution in [0.4, 0.5) is 0 Å². The van der Waals surface area contributed by atoms with Gasteiger partial charge in [-0.2, -0.15) is 0 Å². The predicted molar refractivity (Wildman–Crippen MR) is 76.6 cm³/mol. The fourth-order valence-corrected chi connectivity index (χ4v) is 2.46. The van der Waals surface area contributed by atoms with E-state index in [0.717, 1.165) is 4.47 Å². The molecule has 0 amide bonds. The van der Waals surface area contributed by atoms with Crippen molar-refractivity contribution in [3.63, 3.8) is 0 Å². The van der Waals surface area contributed by atoms with Gasteiger partial charge in [0.05, 0.1) is 16.1 Å². The minimum Gasteiger partial charge on any atom is -0.454 e. The molecular weight excluding hydrogens is 339 g/mol. The van der Waals surface area contributed by atoms with Gasteiger partial charge in [-0.3, -0.25) is 0 Å². The van der Waals surface area contributed by atoms with E-state index in [0.29, 0.717) is 27.1 Å². The molecule has 0 radical (unpaired) electrons. The largest absolute Gasteiger partial charge is 0.454 e. The van der Waals surface area contributed by atoms with Gasteiger partial charge in [0.2, 0.25) is 0 Å². The van der Waals surface area contributed by atoms with Crippen molar-refractivity contribution in [1.29, 1.82) is 0 Å². The van der Waals surface area contributed by atoms with Crippen molar-refractivity contribution in [3.8, 4) is 11.5 Å². The zero-order valence-corrected chi connectivity index (χ0v) is 12.3. The summed E-state index contributed by atoms with van der Waals surface area (Å²) in [5.74, 6) is 1.03. The third-order valence-corrected chi connectivity index (χ3v) is 3.48. The van der Waals surface area contributed by atoms with Crippen LogP contribution in [0.15, 0.2) is 40.9 Å². The number of benzene rings is 2. The lowest BCUT2D eigenvalue weighted by Crippen LogP contribution is -1.93. The van der Waals surface area contributed by atoms with Gasteiger partial charge in [-0.1, -0.05) is 35.3 Å². The Bertz CT molecular complexity index is 573. The summed E-state index contributed by atoms with van der Waals surface area (Å²) in [6.45, 7) is -0.138. The number of aliphatic hydroxyl groups excluding tert-OH is 1. The number of halogens is 3. The summed E-state index contributed by atoms with van der Waals surface area (Å²) < 4.78 is 6.44. The second-order valence-corrected chi connectivity index (χ2v) is 5.26. The van der Waals surface area contributed by atoms with Crippen molar-refractivity contribution in [1.82, 2.24) is 0 Å². The Morgan fingerprint density at radius 1 is 1.17 bits per heavy atom. The monoisotopic (exact) mass is 346 g/mol. The van der Waals surface area contributed by atoms with Crippen LogP contribution in [0, 0.1) is 0 Å². The lowest BCUT2D eigenvalue weighted by molar-refractivity contribution is 0.276. The minimum atomic E-state index is -0.138. The van der Waals surface area contributed by atoms with Crippen LogP contribution < -0.4 is 4.74 Å². The van der Waals surface area contributed by atoms with Gasteiger partial charge in [0.15, 0.2) is 5.75 Å². The maximum absolute atomic E-state index is 9.26. The number of hydrogen-bond acceptors (Lipinski definition) is 2. The fraction of sp³-hybridized carbons (Fsp3) is 0.0769. The van der Waals surface area contributed by atoms with Gasteiger partial charge in [0.1, 0.15) is 5.75 Å². The highest BCUT2D eigenvalue weighted by atomic mass is 79.9. The van der Waals surface area contributed by atoms with Crippen molar-refractivity contribution >= 4 is 39.1 Å². The van der Waals surface area contributed by atoms with Gasteiger partial charge in [-0.05, 0) is 40.2 Å². The zero-order valence-electron chi connectivity index (χ0n) is 9.16. The van der Waals surface area contributed by atoms with Gasteiger partial charge in [-0.25, -0.2) is 0 Å². The molecule has 2 aromatic carbocycles. The van der Waals surface area contributed by atoms with Crippen molar-refractivity contribution in [2.75, 3.05) is 0 Å². The summed E-state index contributed by atoms with van der Waals surface area (Å²) in [5, 5.41) is 10.3. The van der Waals surface area contributed by atoms with Gasteiger partial charge < -0.3 is 9.84 Å². The molecule has 2 rings (SSSR count). The first-order valence-electron chi connectivity index (χ1n) is 5.13. The summed E-state index contributed by atoms with van der Waals surface area (Å²) in [6.07, 6.45) is 0. The van der Waals surface area contributed by atoms with E-state index in [1.807, 2.05) is 0 Å². The van der Waals surface area contributed by atoms with Crippen LogP contribution in [0.2, 0.25) is 10.0 Å². The first-order chi connectivity index (χ1) is 8.61. The molecule has 2 nitrogen and oxygen atoms in total. The highest BCUT2D eigenvalue weighted by molar-refractivity contribution is 9.10. The first-order valence-corrected chi connectivity index (χ1v) is 6.68. The van der Waals surface area contributed by atoms with Crippen LogP contribution in [-0.4, -0.2) is 5.11 Å². The molecule has 0 aliphatic carbocycles. The first kappa shape index (κ1) is 13.7. The van der Waals surface area contributed by atoms with Crippen LogP contribution in [0.3, 0.4) is 0 Å². The topological polar surface area (TPSA) is 29.5 Å². The molecule has 0 fully saturated rings. The van der Waals surface area contributed by atoms with Crippen LogP contribution in [0.1, 0.15) is 5.56 Å². The molecule has 0 saturated heterocycles. The third-order valence-electron chi connectivity index (χ3n) is 2.32. The third kappa shape index (κ3) is 2.98. The van der Waals surface area contributed by atoms with E-state index in [1.54, 1.807) is 36.4 Å². The smallest absolute Gasteiger partial charge is 0.151 e. The van der Waals surface area contributed by atoms with E-state index in [1.165, 1.54) is 0 Å². The maximum Gasteiger partial charge on any atom is 0.151 e. The van der Waals surface area contributed by atoms with Gasteiger partial charge in [0.25, 0.3) is 0 Å². The quantitative estimate of drug-likeness (QED) is 0.842. The SMILES string of the molecule is OCc1cccc(Cl)c1Oc1ccc(Cl)cc1Br. The molecule has 0 heterocycles. The molecule has 0 aromatic heterocycles. The van der Waals surface area contributed by atoms with Crippen molar-refractivity contribution in [2.24, 2.45) is 0 Å². The Kier molecular flexibility index (Phi) is 4.51. The number of aliphatic hydroxyl groups is 1. The van der Waals surface area contributed by atoms with E-state index in [2.05, 4.69) is 15.9 Å². The van der Waals surface area contributed by atoms with Gasteiger partial charge in [-0.15, -0.1) is 0 Å². The summed E-state index contributed by atoms with van der Waals surface area (Å²) in [6, 6.07) is 10.4. The van der Waals surface area contributed by atoms with E-state index < -0.39 is 0 Å². The molecule has 0 aliphatic rings. The molecule has 0 spiro atoms. The van der Waals surface area contributed by atoms with E-state index >= 15 is 0 Å². The minimum absolute atomic E-state index is 0.138. The van der Waals surface area contributed by atoms with E-state index in [4.69, 9.17) is 27.9 Å². The Morgan fingerprint density at radius 2 is 1.94 bits per heavy atom. The maximum atomic E-state index is 9.26. The standard InChI is InChI=1S/C13H9BrCl2O2/c14-10-6-9(15)4-5-12(10)18-13-8(7-17)2-1-3-11(13)16/h1-6,17H,7H2. The van der Waals surface area contributed by atoms with Crippen molar-refractivity contribution in [3.05, 3.63) is 56.5 Å². The Morgan fingerprint density at radius 3 is 2.61 bits per heavy atom. The predicted octanol–water partition coefficient (Wildman–Crippen LogP) is 5.04. The highest BCUT2D eigenvalue weighted by Gasteiger charge is 2.11. The molecule has 0 unspecified atom stereocenters. The molecule has 0 bridgehead atoms. The van der Waals surface area contributed by atoms with Crippen LogP contribution in [-0.2, 0) is 6.61 Å². The Labute approximate surface area is 123 Å². The molecule has 1 N–H and O–H groups in total. The summed E-state index contributed by atoms with van der Waals surface area (Å²) in [5.41, 5.74) is 0.629. The van der Waals surface area contributed by atoms with Crippen LogP contribution in [0.25, 0.3) is 0 Å². The number of para-hydroxylation sites is 1. The highest BCUT2D eigenvalue weighted by Crippen LogP contribution is 2.37. The summed E-state index contributed by atoms with van der Waals surface area (Å²) in [7, 11) is 0. The average Bonchev–Trinajstić information content (AvgIpc) is 2.34. The molecular formula is C13H9BrCl2O2. The van der Waals surface area contributed by atoms with Crippen molar-refractivity contribution < 1.29 is 9.84 Å². The number of rotatable bonds is 3. The van der Waals surface area contributed by atoms with Gasteiger partial charge >= 0.3 is 0 Å². The second kappa shape index (κ2) is 5.93. The molecule has 2 aromatic rings. The van der Waals surface area contributed by atoms with E-state index in [-0.39, 0.29) is 6.61 Å². The number of ether oxygens (including phenoxy) is 1. The Hall–Kier alpha value is -0.740. The average molecular weight is 348 g/mol. The van der Waals surface area contributed by atoms with Crippen LogP contribution >= 0.6 is 39.1 Å². The lowest BCUT2D eigenvalue weighted by atomic mass is 10.2. The number of hydrogen-bond donors (Lipinski definition) is 1. The van der Waals surface area contributed by atoms with Gasteiger partial charge in [0, 0.05) is 10.6 Å². The molecule has 5 heteroatoms. The lowest BCUT2D eigenvalue weighted by Gasteiger charge is -2.12. The molecule has 94 valence electrons. The fourth-order valence-electron chi connectivity index (χ4n) is 1.46. The van der Waals surface area contributed by atoms with E-state index in [9.17, 15) is 5.11 Å². The molecule has 0 aliphatic heterocycles. The van der Waals surface area contributed by atoms with Crippen molar-refractivity contribution in [2.45, 2.75) is 6.61 Å². The second-order valence-electron chi connectivity index (χ2n) is 3.56. The molecule has 0 saturated carbocycles. The summed E-state index contributed by atoms with van der Waals surface area (Å²) in [4.78, 5) is 0. The molecule has 18 heavy (non-hydrogen) atoms. The summed E-state index contributed by atoms with van der Waals surface area (Å²) >= 11 is 15.3. The van der Waals surface area contributed by atoms with Crippen LogP contribution in [0.5, 0.6) is 11.5 Å². The normalized spacial score (nSPS) is 10.4.